The van der Waals surface area contributed by atoms with Crippen molar-refractivity contribution in [3.05, 3.63) is 24.2 Å². The molecule has 5 heteroatoms. The minimum atomic E-state index is 0.147. The molecule has 96 valence electrons. The highest BCUT2D eigenvalue weighted by atomic mass is 15.4. The number of hydrogen-bond acceptors (Lipinski definition) is 4. The highest BCUT2D eigenvalue weighted by molar-refractivity contribution is 5.36. The molecule has 1 aliphatic rings. The van der Waals surface area contributed by atoms with Crippen LogP contribution in [-0.2, 0) is 5.41 Å². The number of nitrogens with one attached hydrogen (secondary N) is 1. The van der Waals surface area contributed by atoms with Crippen molar-refractivity contribution in [3.63, 3.8) is 0 Å². The summed E-state index contributed by atoms with van der Waals surface area (Å²) < 4.78 is 1.92. The van der Waals surface area contributed by atoms with Gasteiger partial charge in [0.2, 0.25) is 0 Å². The summed E-state index contributed by atoms with van der Waals surface area (Å²) in [4.78, 5) is 0. The Bertz CT molecular complexity index is 521. The van der Waals surface area contributed by atoms with Crippen LogP contribution in [0.4, 0.5) is 0 Å². The van der Waals surface area contributed by atoms with Crippen LogP contribution in [0.3, 0.4) is 0 Å². The van der Waals surface area contributed by atoms with Gasteiger partial charge >= 0.3 is 0 Å². The van der Waals surface area contributed by atoms with Crippen molar-refractivity contribution in [1.29, 1.82) is 0 Å². The fraction of sp³-hybridized carbons (Fsp3) is 0.615. The lowest BCUT2D eigenvalue weighted by atomic mass is 9.74. The number of rotatable bonds is 3. The van der Waals surface area contributed by atoms with Crippen LogP contribution in [0, 0.1) is 0 Å². The van der Waals surface area contributed by atoms with Crippen molar-refractivity contribution in [1.82, 2.24) is 25.1 Å². The van der Waals surface area contributed by atoms with Gasteiger partial charge in [0.25, 0.3) is 0 Å². The summed E-state index contributed by atoms with van der Waals surface area (Å²) in [5.41, 5.74) is 0.995. The van der Waals surface area contributed by atoms with E-state index in [1.807, 2.05) is 16.6 Å². The third-order valence-electron chi connectivity index (χ3n) is 3.94. The Hall–Kier alpha value is -1.49. The maximum absolute atomic E-state index is 4.43. The lowest BCUT2D eigenvalue weighted by Gasteiger charge is -2.35. The normalized spacial score (nSPS) is 19.2. The van der Waals surface area contributed by atoms with Crippen molar-refractivity contribution in [2.45, 2.75) is 38.0 Å². The van der Waals surface area contributed by atoms with E-state index in [1.165, 1.54) is 6.42 Å². The Labute approximate surface area is 107 Å². The molecule has 0 bridgehead atoms. The molecule has 0 aromatic carbocycles. The van der Waals surface area contributed by atoms with Gasteiger partial charge in [-0.15, -0.1) is 10.2 Å². The van der Waals surface area contributed by atoms with Gasteiger partial charge in [-0.25, -0.2) is 0 Å². The first-order chi connectivity index (χ1) is 8.86. The average molecular weight is 245 g/mol. The number of nitrogens with zero attached hydrogens (tertiary/aromatic N) is 4. The molecule has 1 aliphatic heterocycles. The summed E-state index contributed by atoms with van der Waals surface area (Å²) in [6, 6.07) is 3.87. The zero-order valence-corrected chi connectivity index (χ0v) is 10.8. The molecule has 3 heterocycles. The fourth-order valence-electron chi connectivity index (χ4n) is 3.04. The summed E-state index contributed by atoms with van der Waals surface area (Å²) in [6.07, 6.45) is 6.38. The molecule has 1 saturated heterocycles. The largest absolute Gasteiger partial charge is 0.317 e. The monoisotopic (exact) mass is 245 g/mol. The van der Waals surface area contributed by atoms with Gasteiger partial charge in [-0.2, -0.15) is 9.61 Å². The number of fused-ring (bicyclic) bond motifs is 1. The first-order valence-electron chi connectivity index (χ1n) is 6.73. The highest BCUT2D eigenvalue weighted by Crippen LogP contribution is 2.36. The first kappa shape index (κ1) is 11.6. The third-order valence-corrected chi connectivity index (χ3v) is 3.94. The van der Waals surface area contributed by atoms with Gasteiger partial charge in [0.15, 0.2) is 11.5 Å². The van der Waals surface area contributed by atoms with Crippen molar-refractivity contribution in [2.24, 2.45) is 0 Å². The molecule has 3 rings (SSSR count). The van der Waals surface area contributed by atoms with E-state index < -0.39 is 0 Å². The molecule has 2 aromatic rings. The number of piperidine rings is 1. The molecular weight excluding hydrogens is 226 g/mol. The van der Waals surface area contributed by atoms with E-state index in [9.17, 15) is 0 Å². The molecule has 1 N–H and O–H groups in total. The second-order valence-electron chi connectivity index (χ2n) is 5.10. The van der Waals surface area contributed by atoms with Gasteiger partial charge in [0.1, 0.15) is 0 Å². The predicted molar refractivity (Wildman–Crippen MR) is 69.5 cm³/mol. The smallest absolute Gasteiger partial charge is 0.177 e. The van der Waals surface area contributed by atoms with Gasteiger partial charge in [-0.3, -0.25) is 0 Å². The van der Waals surface area contributed by atoms with Gasteiger partial charge in [0.05, 0.1) is 0 Å². The van der Waals surface area contributed by atoms with Crippen LogP contribution in [0.25, 0.3) is 5.65 Å². The Balaban J connectivity index is 2.08. The minimum absolute atomic E-state index is 0.147. The van der Waals surface area contributed by atoms with E-state index in [-0.39, 0.29) is 5.41 Å². The third kappa shape index (κ3) is 1.79. The second-order valence-corrected chi connectivity index (χ2v) is 5.10. The minimum Gasteiger partial charge on any atom is -0.317 e. The van der Waals surface area contributed by atoms with E-state index in [2.05, 4.69) is 27.5 Å². The highest BCUT2D eigenvalue weighted by Gasteiger charge is 2.37. The molecule has 0 amide bonds. The summed E-state index contributed by atoms with van der Waals surface area (Å²) in [7, 11) is 0. The summed E-state index contributed by atoms with van der Waals surface area (Å²) >= 11 is 0. The second kappa shape index (κ2) is 4.65. The molecule has 18 heavy (non-hydrogen) atoms. The summed E-state index contributed by atoms with van der Waals surface area (Å²) in [6.45, 7) is 4.35. The van der Waals surface area contributed by atoms with E-state index in [0.29, 0.717) is 0 Å². The fourth-order valence-corrected chi connectivity index (χ4v) is 3.04. The van der Waals surface area contributed by atoms with Crippen molar-refractivity contribution in [2.75, 3.05) is 13.1 Å². The Kier molecular flexibility index (Phi) is 2.99. The van der Waals surface area contributed by atoms with E-state index >= 15 is 0 Å². The maximum atomic E-state index is 4.43. The molecule has 0 aliphatic carbocycles. The number of aromatic nitrogens is 4. The lowest BCUT2D eigenvalue weighted by molar-refractivity contribution is 0.266. The molecule has 0 atom stereocenters. The molecule has 0 spiro atoms. The molecule has 0 radical (unpaired) electrons. The van der Waals surface area contributed by atoms with Crippen LogP contribution in [0.2, 0.25) is 0 Å². The Morgan fingerprint density at radius 1 is 1.33 bits per heavy atom. The molecule has 2 aromatic heterocycles. The lowest BCUT2D eigenvalue weighted by Crippen LogP contribution is -2.41. The van der Waals surface area contributed by atoms with Gasteiger partial charge < -0.3 is 5.32 Å². The van der Waals surface area contributed by atoms with Crippen LogP contribution in [0.5, 0.6) is 0 Å². The SMILES string of the molecule is CCCC1(c2nnc3cccnn23)CCNCC1. The van der Waals surface area contributed by atoms with Crippen LogP contribution in [0.15, 0.2) is 18.3 Å². The zero-order valence-electron chi connectivity index (χ0n) is 10.8. The maximum Gasteiger partial charge on any atom is 0.177 e. The van der Waals surface area contributed by atoms with Gasteiger partial charge in [-0.05, 0) is 44.5 Å². The van der Waals surface area contributed by atoms with Crippen molar-refractivity contribution >= 4 is 5.65 Å². The quantitative estimate of drug-likeness (QED) is 0.891. The van der Waals surface area contributed by atoms with Gasteiger partial charge in [-0.1, -0.05) is 13.3 Å². The van der Waals surface area contributed by atoms with Crippen LogP contribution in [0.1, 0.15) is 38.4 Å². The van der Waals surface area contributed by atoms with E-state index in [4.69, 9.17) is 0 Å². The van der Waals surface area contributed by atoms with Crippen LogP contribution in [-0.4, -0.2) is 32.9 Å². The molecule has 5 nitrogen and oxygen atoms in total. The molecule has 0 saturated carbocycles. The Morgan fingerprint density at radius 3 is 2.94 bits per heavy atom. The molecular formula is C13H19N5. The average Bonchev–Trinajstić information content (AvgIpc) is 2.84. The predicted octanol–water partition coefficient (Wildman–Crippen LogP) is 1.55. The van der Waals surface area contributed by atoms with Gasteiger partial charge in [0, 0.05) is 11.6 Å². The zero-order chi connectivity index (χ0) is 12.4. The number of hydrogen-bond donors (Lipinski definition) is 1. The molecule has 0 unspecified atom stereocenters. The van der Waals surface area contributed by atoms with Crippen LogP contribution < -0.4 is 5.32 Å². The molecule has 1 fully saturated rings. The first-order valence-corrected chi connectivity index (χ1v) is 6.73. The van der Waals surface area contributed by atoms with E-state index in [1.54, 1.807) is 6.20 Å². The topological polar surface area (TPSA) is 55.1 Å². The summed E-state index contributed by atoms with van der Waals surface area (Å²) in [5, 5.41) is 16.5. The van der Waals surface area contributed by atoms with Crippen molar-refractivity contribution in [3.8, 4) is 0 Å². The van der Waals surface area contributed by atoms with E-state index in [0.717, 1.165) is 43.8 Å². The standard InChI is InChI=1S/C13H19N5/c1-2-5-13(6-9-14-10-7-13)12-17-16-11-4-3-8-15-18(11)12/h3-4,8,14H,2,5-7,9-10H2,1H3. The Morgan fingerprint density at radius 2 is 2.17 bits per heavy atom. The summed E-state index contributed by atoms with van der Waals surface area (Å²) in [5.74, 6) is 1.04. The van der Waals surface area contributed by atoms with Crippen molar-refractivity contribution < 1.29 is 0 Å². The van der Waals surface area contributed by atoms with Crippen LogP contribution >= 0.6 is 0 Å².